The predicted octanol–water partition coefficient (Wildman–Crippen LogP) is 3.65. The first-order valence-electron chi connectivity index (χ1n) is 5.13. The van der Waals surface area contributed by atoms with Crippen LogP contribution in [0.2, 0.25) is 0 Å². The van der Waals surface area contributed by atoms with Crippen LogP contribution in [0.15, 0.2) is 22.7 Å². The van der Waals surface area contributed by atoms with E-state index in [0.717, 1.165) is 12.1 Å². The van der Waals surface area contributed by atoms with Crippen LogP contribution >= 0.6 is 15.9 Å². The fourth-order valence-corrected chi connectivity index (χ4v) is 1.73. The van der Waals surface area contributed by atoms with Crippen molar-refractivity contribution in [3.05, 3.63) is 28.2 Å². The lowest BCUT2D eigenvalue weighted by Gasteiger charge is -2.14. The Morgan fingerprint density at radius 3 is 2.53 bits per heavy atom. The highest BCUT2D eigenvalue weighted by Gasteiger charge is 2.30. The first kappa shape index (κ1) is 14.3. The summed E-state index contributed by atoms with van der Waals surface area (Å²) in [6.45, 7) is 2.13. The minimum Gasteiger partial charge on any atom is -0.391 e. The highest BCUT2D eigenvalue weighted by Crippen LogP contribution is 2.33. The van der Waals surface area contributed by atoms with Gasteiger partial charge in [0.05, 0.1) is 11.7 Å². The second-order valence-corrected chi connectivity index (χ2v) is 4.49. The molecular weight excluding hydrogens is 299 g/mol. The van der Waals surface area contributed by atoms with Crippen LogP contribution in [0.5, 0.6) is 0 Å². The van der Waals surface area contributed by atoms with Gasteiger partial charge in [0.1, 0.15) is 0 Å². The van der Waals surface area contributed by atoms with Gasteiger partial charge in [-0.25, -0.2) is 0 Å². The Labute approximate surface area is 106 Å². The molecule has 0 aromatic heterocycles. The number of anilines is 1. The summed E-state index contributed by atoms with van der Waals surface area (Å²) in [5, 5.41) is 12.2. The van der Waals surface area contributed by atoms with Crippen molar-refractivity contribution in [1.82, 2.24) is 0 Å². The zero-order valence-electron chi connectivity index (χ0n) is 9.18. The minimum atomic E-state index is -4.34. The lowest BCUT2D eigenvalue weighted by Crippen LogP contribution is -2.18. The first-order valence-corrected chi connectivity index (χ1v) is 5.92. The highest BCUT2D eigenvalue weighted by molar-refractivity contribution is 9.10. The third-order valence-electron chi connectivity index (χ3n) is 2.30. The van der Waals surface area contributed by atoms with Crippen molar-refractivity contribution in [2.75, 3.05) is 11.9 Å². The summed E-state index contributed by atoms with van der Waals surface area (Å²) in [7, 11) is 0. The number of hydrogen-bond donors (Lipinski definition) is 2. The third kappa shape index (κ3) is 4.20. The van der Waals surface area contributed by atoms with Gasteiger partial charge in [-0.15, -0.1) is 0 Å². The van der Waals surface area contributed by atoms with E-state index in [1.807, 2.05) is 6.92 Å². The van der Waals surface area contributed by atoms with Crippen molar-refractivity contribution in [3.8, 4) is 0 Å². The van der Waals surface area contributed by atoms with Crippen LogP contribution < -0.4 is 5.32 Å². The Hall–Kier alpha value is -0.750. The summed E-state index contributed by atoms with van der Waals surface area (Å²) in [4.78, 5) is 0. The van der Waals surface area contributed by atoms with Gasteiger partial charge >= 0.3 is 6.18 Å². The number of hydrogen-bond acceptors (Lipinski definition) is 2. The van der Waals surface area contributed by atoms with E-state index in [0.29, 0.717) is 23.1 Å². The Balaban J connectivity index is 2.77. The monoisotopic (exact) mass is 311 g/mol. The van der Waals surface area contributed by atoms with E-state index in [-0.39, 0.29) is 0 Å². The molecule has 96 valence electrons. The molecule has 0 saturated carbocycles. The summed E-state index contributed by atoms with van der Waals surface area (Å²) in [5.74, 6) is 0. The zero-order chi connectivity index (χ0) is 13.1. The molecule has 0 heterocycles. The van der Waals surface area contributed by atoms with Gasteiger partial charge in [0, 0.05) is 16.7 Å². The van der Waals surface area contributed by atoms with Crippen molar-refractivity contribution in [2.45, 2.75) is 25.6 Å². The topological polar surface area (TPSA) is 32.3 Å². The molecule has 1 rings (SSSR count). The lowest BCUT2D eigenvalue weighted by atomic mass is 10.2. The Morgan fingerprint density at radius 2 is 2.06 bits per heavy atom. The molecular formula is C11H13BrF3NO. The standard InChI is InChI=1S/C11H13BrF3NO/c1-2-8(17)6-16-10-4-3-7(5-9(10)12)11(13,14)15/h3-5,8,16-17H,2,6H2,1H3. The van der Waals surface area contributed by atoms with Crippen LogP contribution in [0.4, 0.5) is 18.9 Å². The van der Waals surface area contributed by atoms with Gasteiger partial charge in [-0.1, -0.05) is 6.92 Å². The van der Waals surface area contributed by atoms with E-state index in [1.54, 1.807) is 0 Å². The van der Waals surface area contributed by atoms with Gasteiger partial charge < -0.3 is 10.4 Å². The minimum absolute atomic E-state index is 0.306. The molecule has 2 nitrogen and oxygen atoms in total. The Kier molecular flexibility index (Phi) is 4.82. The number of halogens is 4. The van der Waals surface area contributed by atoms with Gasteiger partial charge in [0.15, 0.2) is 0 Å². The van der Waals surface area contributed by atoms with Crippen LogP contribution in [0.25, 0.3) is 0 Å². The van der Waals surface area contributed by atoms with E-state index in [9.17, 15) is 18.3 Å². The number of aliphatic hydroxyl groups excluding tert-OH is 1. The molecule has 0 fully saturated rings. The maximum atomic E-state index is 12.4. The van der Waals surface area contributed by atoms with E-state index < -0.39 is 17.8 Å². The molecule has 0 aliphatic rings. The van der Waals surface area contributed by atoms with Crippen LogP contribution in [-0.4, -0.2) is 17.8 Å². The molecule has 1 unspecified atom stereocenters. The van der Waals surface area contributed by atoms with Crippen LogP contribution in [0.1, 0.15) is 18.9 Å². The quantitative estimate of drug-likeness (QED) is 0.889. The second kappa shape index (κ2) is 5.73. The van der Waals surface area contributed by atoms with E-state index >= 15 is 0 Å². The number of alkyl halides is 3. The molecule has 1 aromatic rings. The first-order chi connectivity index (χ1) is 7.84. The molecule has 0 radical (unpaired) electrons. The van der Waals surface area contributed by atoms with Crippen LogP contribution in [0, 0.1) is 0 Å². The second-order valence-electron chi connectivity index (χ2n) is 3.64. The molecule has 0 aliphatic heterocycles. The van der Waals surface area contributed by atoms with E-state index in [4.69, 9.17) is 0 Å². The van der Waals surface area contributed by atoms with E-state index in [2.05, 4.69) is 21.2 Å². The average molecular weight is 312 g/mol. The molecule has 0 bridgehead atoms. The summed E-state index contributed by atoms with van der Waals surface area (Å²) in [6, 6.07) is 3.36. The van der Waals surface area contributed by atoms with Crippen molar-refractivity contribution in [2.24, 2.45) is 0 Å². The molecule has 6 heteroatoms. The molecule has 1 aromatic carbocycles. The predicted molar refractivity (Wildman–Crippen MR) is 63.9 cm³/mol. The fourth-order valence-electron chi connectivity index (χ4n) is 1.21. The van der Waals surface area contributed by atoms with Crippen molar-refractivity contribution in [1.29, 1.82) is 0 Å². The van der Waals surface area contributed by atoms with Gasteiger partial charge in [-0.05, 0) is 40.5 Å². The van der Waals surface area contributed by atoms with Gasteiger partial charge in [0.2, 0.25) is 0 Å². The molecule has 17 heavy (non-hydrogen) atoms. The van der Waals surface area contributed by atoms with Crippen molar-refractivity contribution < 1.29 is 18.3 Å². The summed E-state index contributed by atoms with van der Waals surface area (Å²) >= 11 is 3.07. The summed E-state index contributed by atoms with van der Waals surface area (Å²) < 4.78 is 37.5. The number of nitrogens with one attached hydrogen (secondary N) is 1. The van der Waals surface area contributed by atoms with Gasteiger partial charge in [-0.2, -0.15) is 13.2 Å². The van der Waals surface area contributed by atoms with Gasteiger partial charge in [-0.3, -0.25) is 0 Å². The highest BCUT2D eigenvalue weighted by atomic mass is 79.9. The summed E-state index contributed by atoms with van der Waals surface area (Å²) in [5.41, 5.74) is -0.170. The SMILES string of the molecule is CCC(O)CNc1ccc(C(F)(F)F)cc1Br. The third-order valence-corrected chi connectivity index (χ3v) is 2.95. The number of rotatable bonds is 4. The number of benzene rings is 1. The maximum absolute atomic E-state index is 12.4. The molecule has 0 amide bonds. The van der Waals surface area contributed by atoms with Crippen molar-refractivity contribution >= 4 is 21.6 Å². The van der Waals surface area contributed by atoms with Gasteiger partial charge in [0.25, 0.3) is 0 Å². The van der Waals surface area contributed by atoms with Crippen molar-refractivity contribution in [3.63, 3.8) is 0 Å². The molecule has 2 N–H and O–H groups in total. The smallest absolute Gasteiger partial charge is 0.391 e. The summed E-state index contributed by atoms with van der Waals surface area (Å²) in [6.07, 6.45) is -4.26. The maximum Gasteiger partial charge on any atom is 0.416 e. The largest absolute Gasteiger partial charge is 0.416 e. The molecule has 0 aliphatic carbocycles. The zero-order valence-corrected chi connectivity index (χ0v) is 10.8. The number of aliphatic hydroxyl groups is 1. The Morgan fingerprint density at radius 1 is 1.41 bits per heavy atom. The molecule has 0 spiro atoms. The average Bonchev–Trinajstić information content (AvgIpc) is 2.25. The normalized spacial score (nSPS) is 13.5. The molecule has 1 atom stereocenters. The lowest BCUT2D eigenvalue weighted by molar-refractivity contribution is -0.137. The van der Waals surface area contributed by atoms with Crippen LogP contribution in [0.3, 0.4) is 0 Å². The van der Waals surface area contributed by atoms with E-state index in [1.165, 1.54) is 6.07 Å². The Bertz CT molecular complexity index is 381. The fraction of sp³-hybridized carbons (Fsp3) is 0.455. The molecule has 0 saturated heterocycles. The van der Waals surface area contributed by atoms with Crippen LogP contribution in [-0.2, 0) is 6.18 Å².